The second-order valence-electron chi connectivity index (χ2n) is 6.93. The Bertz CT molecular complexity index is 1030. The van der Waals surface area contributed by atoms with E-state index >= 15 is 0 Å². The van der Waals surface area contributed by atoms with Gasteiger partial charge in [-0.2, -0.15) is 4.31 Å². The Morgan fingerprint density at radius 2 is 1.89 bits per heavy atom. The summed E-state index contributed by atoms with van der Waals surface area (Å²) in [4.78, 5) is 23.3. The summed E-state index contributed by atoms with van der Waals surface area (Å²) >= 11 is 0. The lowest BCUT2D eigenvalue weighted by Crippen LogP contribution is -2.40. The highest BCUT2D eigenvalue weighted by molar-refractivity contribution is 7.89. The van der Waals surface area contributed by atoms with Gasteiger partial charge in [0.1, 0.15) is 5.82 Å². The predicted octanol–water partition coefficient (Wildman–Crippen LogP) is 1.32. The number of aromatic nitrogens is 2. The molecule has 0 aliphatic carbocycles. The van der Waals surface area contributed by atoms with Crippen LogP contribution in [0, 0.1) is 13.8 Å². The third kappa shape index (κ3) is 3.30. The molecule has 2 aromatic rings. The lowest BCUT2D eigenvalue weighted by molar-refractivity contribution is 0.0730. The molecule has 0 atom stereocenters. The van der Waals surface area contributed by atoms with E-state index in [-0.39, 0.29) is 10.8 Å². The summed E-state index contributed by atoms with van der Waals surface area (Å²) in [5.74, 6) is 0.453. The smallest absolute Gasteiger partial charge is 0.261 e. The molecular formula is C19H22N4O4S. The van der Waals surface area contributed by atoms with Crippen LogP contribution in [-0.2, 0) is 21.2 Å². The van der Waals surface area contributed by atoms with Crippen LogP contribution in [0.2, 0.25) is 0 Å². The number of sulfonamides is 1. The summed E-state index contributed by atoms with van der Waals surface area (Å²) in [7, 11) is -3.56. The topological polar surface area (TPSA) is 92.7 Å². The number of carbonyl (C=O) groups is 1. The molecular weight excluding hydrogens is 380 g/mol. The van der Waals surface area contributed by atoms with Crippen LogP contribution in [0.3, 0.4) is 0 Å². The summed E-state index contributed by atoms with van der Waals surface area (Å²) < 4.78 is 32.4. The summed E-state index contributed by atoms with van der Waals surface area (Å²) in [5.41, 5.74) is 2.69. The Balaban J connectivity index is 1.62. The number of anilines is 1. The molecule has 9 heteroatoms. The van der Waals surface area contributed by atoms with Crippen molar-refractivity contribution in [1.29, 1.82) is 0 Å². The Hall–Kier alpha value is -2.36. The highest BCUT2D eigenvalue weighted by Gasteiger charge is 2.31. The van der Waals surface area contributed by atoms with E-state index in [4.69, 9.17) is 4.74 Å². The average molecular weight is 402 g/mol. The van der Waals surface area contributed by atoms with E-state index in [0.717, 1.165) is 11.3 Å². The minimum absolute atomic E-state index is 0.167. The van der Waals surface area contributed by atoms with Crippen molar-refractivity contribution in [3.05, 3.63) is 47.0 Å². The number of benzene rings is 1. The highest BCUT2D eigenvalue weighted by Crippen LogP contribution is 2.32. The summed E-state index contributed by atoms with van der Waals surface area (Å²) in [6.45, 7) is 5.60. The fourth-order valence-corrected chi connectivity index (χ4v) is 5.08. The van der Waals surface area contributed by atoms with Gasteiger partial charge in [0.15, 0.2) is 0 Å². The first-order valence-electron chi connectivity index (χ1n) is 9.21. The number of hydrogen-bond donors (Lipinski definition) is 0. The zero-order valence-electron chi connectivity index (χ0n) is 15.9. The number of ether oxygens (including phenoxy) is 1. The third-order valence-corrected chi connectivity index (χ3v) is 7.02. The average Bonchev–Trinajstić information content (AvgIpc) is 3.11. The molecule has 4 rings (SSSR count). The fourth-order valence-electron chi connectivity index (χ4n) is 3.62. The van der Waals surface area contributed by atoms with E-state index in [1.165, 1.54) is 4.31 Å². The molecule has 8 nitrogen and oxygen atoms in total. The molecule has 1 saturated heterocycles. The number of fused-ring (bicyclic) bond motifs is 1. The van der Waals surface area contributed by atoms with Crippen molar-refractivity contribution in [2.75, 3.05) is 37.7 Å². The molecule has 0 N–H and O–H groups in total. The maximum atomic E-state index is 13.0. The molecule has 1 fully saturated rings. The van der Waals surface area contributed by atoms with E-state index in [9.17, 15) is 13.2 Å². The molecule has 148 valence electrons. The zero-order chi connectivity index (χ0) is 19.9. The van der Waals surface area contributed by atoms with Gasteiger partial charge in [0.05, 0.1) is 29.4 Å². The van der Waals surface area contributed by atoms with Crippen molar-refractivity contribution in [2.24, 2.45) is 0 Å². The number of morpholine rings is 1. The van der Waals surface area contributed by atoms with Crippen molar-refractivity contribution in [3.63, 3.8) is 0 Å². The Kier molecular flexibility index (Phi) is 4.90. The van der Waals surface area contributed by atoms with Gasteiger partial charge in [-0.15, -0.1) is 0 Å². The van der Waals surface area contributed by atoms with Crippen molar-refractivity contribution < 1.29 is 17.9 Å². The maximum Gasteiger partial charge on any atom is 0.261 e. The van der Waals surface area contributed by atoms with Gasteiger partial charge in [-0.25, -0.2) is 18.4 Å². The quantitative estimate of drug-likeness (QED) is 0.769. The van der Waals surface area contributed by atoms with Gasteiger partial charge < -0.3 is 9.64 Å². The molecule has 28 heavy (non-hydrogen) atoms. The summed E-state index contributed by atoms with van der Waals surface area (Å²) in [6, 6.07) is 4.98. The number of rotatable bonds is 3. The van der Waals surface area contributed by atoms with Gasteiger partial charge in [-0.1, -0.05) is 0 Å². The molecule has 1 aromatic heterocycles. The number of nitrogens with zero attached hydrogens (tertiary/aromatic N) is 4. The van der Waals surface area contributed by atoms with E-state index < -0.39 is 10.0 Å². The monoisotopic (exact) mass is 402 g/mol. The summed E-state index contributed by atoms with van der Waals surface area (Å²) in [5, 5.41) is 0. The molecule has 3 heterocycles. The number of amides is 1. The second-order valence-corrected chi connectivity index (χ2v) is 8.87. The number of carbonyl (C=O) groups excluding carboxylic acids is 1. The van der Waals surface area contributed by atoms with E-state index in [1.807, 2.05) is 0 Å². The van der Waals surface area contributed by atoms with Gasteiger partial charge >= 0.3 is 0 Å². The molecule has 2 aliphatic heterocycles. The lowest BCUT2D eigenvalue weighted by Gasteiger charge is -2.26. The van der Waals surface area contributed by atoms with Crippen LogP contribution < -0.4 is 4.90 Å². The SMILES string of the molecule is Cc1ncc(C(=O)N2CCc3cc(S(=O)(=O)N4CCOCC4)ccc32)c(C)n1. The maximum absolute atomic E-state index is 13.0. The van der Waals surface area contributed by atoms with E-state index in [2.05, 4.69) is 9.97 Å². The molecule has 0 bridgehead atoms. The van der Waals surface area contributed by atoms with Crippen LogP contribution in [0.25, 0.3) is 0 Å². The van der Waals surface area contributed by atoms with Gasteiger partial charge in [0.25, 0.3) is 5.91 Å². The number of aryl methyl sites for hydroxylation is 2. The first kappa shape index (κ1) is 19.0. The van der Waals surface area contributed by atoms with Crippen LogP contribution in [-0.4, -0.2) is 61.4 Å². The lowest BCUT2D eigenvalue weighted by atomic mass is 10.1. The Morgan fingerprint density at radius 1 is 1.14 bits per heavy atom. The molecule has 0 radical (unpaired) electrons. The van der Waals surface area contributed by atoms with E-state index in [0.29, 0.717) is 56.4 Å². The molecule has 2 aliphatic rings. The first-order chi connectivity index (χ1) is 13.4. The van der Waals surface area contributed by atoms with Crippen molar-refractivity contribution in [3.8, 4) is 0 Å². The number of hydrogen-bond acceptors (Lipinski definition) is 6. The Labute approximate surface area is 164 Å². The van der Waals surface area contributed by atoms with Gasteiger partial charge in [0, 0.05) is 31.5 Å². The molecule has 1 aromatic carbocycles. The van der Waals surface area contributed by atoms with Gasteiger partial charge in [-0.3, -0.25) is 4.79 Å². The second kappa shape index (κ2) is 7.23. The van der Waals surface area contributed by atoms with Gasteiger partial charge in [0.2, 0.25) is 10.0 Å². The van der Waals surface area contributed by atoms with E-state index in [1.54, 1.807) is 43.1 Å². The normalized spacial score (nSPS) is 17.6. The standard InChI is InChI=1S/C19H22N4O4S/c1-13-17(12-20-14(2)21-13)19(24)23-6-5-15-11-16(3-4-18(15)23)28(25,26)22-7-9-27-10-8-22/h3-4,11-12H,5-10H2,1-2H3. The minimum Gasteiger partial charge on any atom is -0.379 e. The Morgan fingerprint density at radius 3 is 2.61 bits per heavy atom. The summed E-state index contributed by atoms with van der Waals surface area (Å²) in [6.07, 6.45) is 2.16. The van der Waals surface area contributed by atoms with Crippen molar-refractivity contribution >= 4 is 21.6 Å². The van der Waals surface area contributed by atoms with Crippen LogP contribution in [0.5, 0.6) is 0 Å². The molecule has 1 amide bonds. The fraction of sp³-hybridized carbons (Fsp3) is 0.421. The van der Waals surface area contributed by atoms with Crippen LogP contribution >= 0.6 is 0 Å². The predicted molar refractivity (Wildman–Crippen MR) is 103 cm³/mol. The minimum atomic E-state index is -3.56. The highest BCUT2D eigenvalue weighted by atomic mass is 32.2. The van der Waals surface area contributed by atoms with Crippen LogP contribution in [0.15, 0.2) is 29.3 Å². The largest absolute Gasteiger partial charge is 0.379 e. The first-order valence-corrected chi connectivity index (χ1v) is 10.6. The molecule has 0 saturated carbocycles. The van der Waals surface area contributed by atoms with Crippen molar-refractivity contribution in [1.82, 2.24) is 14.3 Å². The van der Waals surface area contributed by atoms with Crippen molar-refractivity contribution in [2.45, 2.75) is 25.2 Å². The molecule has 0 spiro atoms. The van der Waals surface area contributed by atoms with Crippen LogP contribution in [0.4, 0.5) is 5.69 Å². The van der Waals surface area contributed by atoms with Gasteiger partial charge in [-0.05, 0) is 44.0 Å². The third-order valence-electron chi connectivity index (χ3n) is 5.13. The zero-order valence-corrected chi connectivity index (χ0v) is 16.7. The molecule has 0 unspecified atom stereocenters. The van der Waals surface area contributed by atoms with Crippen LogP contribution in [0.1, 0.15) is 27.4 Å².